The fourth-order valence-electron chi connectivity index (χ4n) is 3.82. The van der Waals surface area contributed by atoms with E-state index in [1.807, 2.05) is 24.8 Å². The molecule has 31 heavy (non-hydrogen) atoms. The number of aliphatic carboxylic acids is 1. The van der Waals surface area contributed by atoms with Crippen LogP contribution in [-0.4, -0.2) is 73.6 Å². The Bertz CT molecular complexity index is 730. The third kappa shape index (κ3) is 7.61. The molecule has 1 aromatic carbocycles. The number of halogens is 3. The molecule has 10 heteroatoms. The Kier molecular flexibility index (Phi) is 8.55. The summed E-state index contributed by atoms with van der Waals surface area (Å²) in [6.45, 7) is 8.95. The van der Waals surface area contributed by atoms with E-state index in [-0.39, 0.29) is 17.5 Å². The first-order valence-corrected chi connectivity index (χ1v) is 10.3. The molecule has 2 fully saturated rings. The second-order valence-electron chi connectivity index (χ2n) is 8.24. The fourth-order valence-corrected chi connectivity index (χ4v) is 3.82. The minimum atomic E-state index is -5.08. The van der Waals surface area contributed by atoms with Crippen LogP contribution in [0.4, 0.5) is 23.7 Å². The van der Waals surface area contributed by atoms with Gasteiger partial charge >= 0.3 is 18.2 Å². The van der Waals surface area contributed by atoms with Gasteiger partial charge in [-0.2, -0.15) is 13.2 Å². The van der Waals surface area contributed by atoms with Gasteiger partial charge in [-0.3, -0.25) is 0 Å². The number of carboxylic acids is 1. The number of nitrogens with zero attached hydrogens (tertiary/aromatic N) is 2. The maximum absolute atomic E-state index is 12.4. The molecule has 2 aliphatic rings. The number of nitrogens with one attached hydrogen (secondary N) is 1. The number of benzene rings is 1. The van der Waals surface area contributed by atoms with Gasteiger partial charge in [0.2, 0.25) is 0 Å². The smallest absolute Gasteiger partial charge is 0.475 e. The number of alkyl halides is 3. The van der Waals surface area contributed by atoms with Gasteiger partial charge in [0, 0.05) is 43.3 Å². The van der Waals surface area contributed by atoms with Gasteiger partial charge in [-0.25, -0.2) is 9.59 Å². The molecule has 1 atom stereocenters. The van der Waals surface area contributed by atoms with Crippen LogP contribution >= 0.6 is 0 Å². The minimum absolute atomic E-state index is 0.0267. The number of hydrogen-bond acceptors (Lipinski definition) is 4. The first-order valence-electron chi connectivity index (χ1n) is 10.3. The summed E-state index contributed by atoms with van der Waals surface area (Å²) in [6.07, 6.45) is -2.93. The first kappa shape index (κ1) is 24.8. The molecule has 1 unspecified atom stereocenters. The van der Waals surface area contributed by atoms with E-state index in [0.717, 1.165) is 52.2 Å². The SMILES string of the molecule is CC(C)NC(=O)N1CCCC2(COCCN(c3ccccc3)C2)C1.O=C(O)C(F)(F)F. The molecule has 0 saturated carbocycles. The highest BCUT2D eigenvalue weighted by Gasteiger charge is 2.40. The van der Waals surface area contributed by atoms with E-state index in [0.29, 0.717) is 0 Å². The van der Waals surface area contributed by atoms with Crippen LogP contribution in [0.1, 0.15) is 26.7 Å². The second kappa shape index (κ2) is 10.7. The second-order valence-corrected chi connectivity index (χ2v) is 8.24. The molecular weight excluding hydrogens is 415 g/mol. The Morgan fingerprint density at radius 2 is 1.81 bits per heavy atom. The lowest BCUT2D eigenvalue weighted by Crippen LogP contribution is -2.55. The average molecular weight is 445 g/mol. The summed E-state index contributed by atoms with van der Waals surface area (Å²) in [5, 5.41) is 10.2. The van der Waals surface area contributed by atoms with E-state index in [1.165, 1.54) is 5.69 Å². The fraction of sp³-hybridized carbons (Fsp3) is 0.619. The molecule has 0 bridgehead atoms. The van der Waals surface area contributed by atoms with Crippen molar-refractivity contribution in [3.63, 3.8) is 0 Å². The van der Waals surface area contributed by atoms with E-state index in [1.54, 1.807) is 0 Å². The summed E-state index contributed by atoms with van der Waals surface area (Å²) in [7, 11) is 0. The van der Waals surface area contributed by atoms with Crippen LogP contribution < -0.4 is 10.2 Å². The summed E-state index contributed by atoms with van der Waals surface area (Å²) < 4.78 is 37.7. The number of urea groups is 1. The zero-order valence-electron chi connectivity index (χ0n) is 17.8. The van der Waals surface area contributed by atoms with Crippen LogP contribution in [0.3, 0.4) is 0 Å². The standard InChI is InChI=1S/C19H29N3O2.C2HF3O2/c1-16(2)20-18(23)22-10-6-9-19(14-22)13-21(11-12-24-15-19)17-7-4-3-5-8-17;3-2(4,5)1(6)7/h3-5,7-8,16H,6,9-15H2,1-2H3,(H,20,23);(H,6,7). The lowest BCUT2D eigenvalue weighted by atomic mass is 9.80. The number of para-hydroxylation sites is 1. The number of carboxylic acid groups (broad SMARTS) is 1. The Labute approximate surface area is 180 Å². The van der Waals surface area contributed by atoms with E-state index in [2.05, 4.69) is 34.5 Å². The number of likely N-dealkylation sites (tertiary alicyclic amines) is 1. The van der Waals surface area contributed by atoms with Crippen molar-refractivity contribution in [1.82, 2.24) is 10.2 Å². The minimum Gasteiger partial charge on any atom is -0.475 e. The molecule has 0 aromatic heterocycles. The van der Waals surface area contributed by atoms with Gasteiger partial charge in [0.1, 0.15) is 0 Å². The number of amides is 2. The molecule has 2 N–H and O–H groups in total. The predicted molar refractivity (Wildman–Crippen MR) is 110 cm³/mol. The number of rotatable bonds is 2. The lowest BCUT2D eigenvalue weighted by Gasteiger charge is -2.44. The van der Waals surface area contributed by atoms with E-state index in [4.69, 9.17) is 14.6 Å². The summed E-state index contributed by atoms with van der Waals surface area (Å²) in [6, 6.07) is 10.7. The molecule has 0 aliphatic carbocycles. The highest BCUT2D eigenvalue weighted by atomic mass is 19.4. The normalized spacial score (nSPS) is 21.9. The topological polar surface area (TPSA) is 82.1 Å². The zero-order valence-corrected chi connectivity index (χ0v) is 17.8. The number of hydrogen-bond donors (Lipinski definition) is 2. The first-order chi connectivity index (χ1) is 14.5. The molecule has 7 nitrogen and oxygen atoms in total. The number of piperidine rings is 1. The van der Waals surface area contributed by atoms with Crippen molar-refractivity contribution < 1.29 is 32.6 Å². The summed E-state index contributed by atoms with van der Waals surface area (Å²) in [5.41, 5.74) is 1.27. The van der Waals surface area contributed by atoms with Gasteiger partial charge in [0.25, 0.3) is 0 Å². The summed E-state index contributed by atoms with van der Waals surface area (Å²) in [5.74, 6) is -2.76. The van der Waals surface area contributed by atoms with E-state index >= 15 is 0 Å². The van der Waals surface area contributed by atoms with E-state index < -0.39 is 12.1 Å². The number of ether oxygens (including phenoxy) is 1. The van der Waals surface area contributed by atoms with Gasteiger partial charge in [-0.1, -0.05) is 18.2 Å². The van der Waals surface area contributed by atoms with E-state index in [9.17, 15) is 18.0 Å². The third-order valence-corrected chi connectivity index (χ3v) is 5.16. The van der Waals surface area contributed by atoms with Gasteiger partial charge in [0.15, 0.2) is 0 Å². The van der Waals surface area contributed by atoms with Crippen molar-refractivity contribution in [2.24, 2.45) is 5.41 Å². The summed E-state index contributed by atoms with van der Waals surface area (Å²) >= 11 is 0. The summed E-state index contributed by atoms with van der Waals surface area (Å²) in [4.78, 5) is 25.7. The van der Waals surface area contributed by atoms with Crippen molar-refractivity contribution in [3.05, 3.63) is 30.3 Å². The van der Waals surface area contributed by atoms with Crippen LogP contribution in [0, 0.1) is 5.41 Å². The van der Waals surface area contributed by atoms with Crippen molar-refractivity contribution in [2.75, 3.05) is 44.3 Å². The monoisotopic (exact) mass is 445 g/mol. The van der Waals surface area contributed by atoms with Crippen molar-refractivity contribution in [1.29, 1.82) is 0 Å². The molecule has 3 rings (SSSR count). The van der Waals surface area contributed by atoms with Gasteiger partial charge in [0.05, 0.1) is 13.2 Å². The largest absolute Gasteiger partial charge is 0.490 e. The zero-order chi connectivity index (χ0) is 23.1. The van der Waals surface area contributed by atoms with Crippen LogP contribution in [-0.2, 0) is 9.53 Å². The molecular formula is C21H30F3N3O4. The maximum Gasteiger partial charge on any atom is 0.490 e. The Morgan fingerprint density at radius 3 is 2.39 bits per heavy atom. The molecule has 1 spiro atoms. The van der Waals surface area contributed by atoms with Crippen LogP contribution in [0.5, 0.6) is 0 Å². The number of carbonyl (C=O) groups excluding carboxylic acids is 1. The number of anilines is 1. The molecule has 1 aromatic rings. The van der Waals surface area contributed by atoms with Crippen LogP contribution in [0.25, 0.3) is 0 Å². The van der Waals surface area contributed by atoms with Crippen molar-refractivity contribution in [2.45, 2.75) is 38.9 Å². The Hall–Kier alpha value is -2.49. The molecule has 0 radical (unpaired) electrons. The number of carbonyl (C=O) groups is 2. The van der Waals surface area contributed by atoms with Gasteiger partial charge in [-0.05, 0) is 38.8 Å². The third-order valence-electron chi connectivity index (χ3n) is 5.16. The quantitative estimate of drug-likeness (QED) is 0.730. The molecule has 2 aliphatic heterocycles. The molecule has 2 heterocycles. The van der Waals surface area contributed by atoms with Gasteiger partial charge < -0.3 is 25.0 Å². The Morgan fingerprint density at radius 1 is 1.16 bits per heavy atom. The molecule has 174 valence electrons. The Balaban J connectivity index is 0.000000423. The van der Waals surface area contributed by atoms with Crippen molar-refractivity contribution in [3.8, 4) is 0 Å². The lowest BCUT2D eigenvalue weighted by molar-refractivity contribution is -0.192. The maximum atomic E-state index is 12.4. The molecule has 2 saturated heterocycles. The molecule has 2 amide bonds. The van der Waals surface area contributed by atoms with Crippen LogP contribution in [0.15, 0.2) is 30.3 Å². The highest BCUT2D eigenvalue weighted by Crippen LogP contribution is 2.34. The highest BCUT2D eigenvalue weighted by molar-refractivity contribution is 5.74. The predicted octanol–water partition coefficient (Wildman–Crippen LogP) is 3.36. The van der Waals surface area contributed by atoms with Crippen LogP contribution in [0.2, 0.25) is 0 Å². The average Bonchev–Trinajstić information content (AvgIpc) is 2.90. The van der Waals surface area contributed by atoms with Crippen molar-refractivity contribution >= 4 is 17.7 Å². The van der Waals surface area contributed by atoms with Gasteiger partial charge in [-0.15, -0.1) is 0 Å².